The minimum atomic E-state index is -0.375. The van der Waals surface area contributed by atoms with E-state index in [1.54, 1.807) is 16.9 Å². The van der Waals surface area contributed by atoms with Crippen molar-refractivity contribution in [2.24, 2.45) is 5.92 Å². The highest BCUT2D eigenvalue weighted by atomic mass is 16.6. The number of hydrogen-bond acceptors (Lipinski definition) is 5. The van der Waals surface area contributed by atoms with Crippen molar-refractivity contribution in [1.29, 1.82) is 0 Å². The summed E-state index contributed by atoms with van der Waals surface area (Å²) in [6, 6.07) is 14.9. The Bertz CT molecular complexity index is 931. The van der Waals surface area contributed by atoms with Gasteiger partial charge in [0.15, 0.2) is 17.6 Å². The Labute approximate surface area is 176 Å². The van der Waals surface area contributed by atoms with Crippen molar-refractivity contribution in [3.8, 4) is 17.2 Å². The molecular weight excluding hydrogens is 384 g/mol. The normalized spacial score (nSPS) is 20.2. The summed E-state index contributed by atoms with van der Waals surface area (Å²) >= 11 is 0. The predicted molar refractivity (Wildman–Crippen MR) is 112 cm³/mol. The molecule has 0 aromatic heterocycles. The fourth-order valence-corrected chi connectivity index (χ4v) is 3.93. The molecule has 2 amide bonds. The number of fused-ring (bicyclic) bond motifs is 1. The minimum absolute atomic E-state index is 0.0290. The highest BCUT2D eigenvalue weighted by Gasteiger charge is 2.38. The number of ether oxygens (including phenoxy) is 3. The standard InChI is InChI=1S/C23H26N2O5/c1-3-24(14-19-15-29-20-9-4-5-10-21(20)30-19)23(27)16-11-22(26)25(13-16)17-7-6-8-18(12-17)28-2/h4-10,12,16,19H,3,11,13-15H2,1-2H3. The Morgan fingerprint density at radius 2 is 2.00 bits per heavy atom. The molecule has 4 rings (SSSR count). The van der Waals surface area contributed by atoms with Crippen LogP contribution in [0, 0.1) is 5.92 Å². The van der Waals surface area contributed by atoms with Crippen molar-refractivity contribution in [2.75, 3.05) is 38.3 Å². The summed E-state index contributed by atoms with van der Waals surface area (Å²) in [6.45, 7) is 3.66. The van der Waals surface area contributed by atoms with Crippen LogP contribution in [0.15, 0.2) is 48.5 Å². The summed E-state index contributed by atoms with van der Waals surface area (Å²) < 4.78 is 17.0. The molecule has 2 heterocycles. The van der Waals surface area contributed by atoms with Crippen LogP contribution in [0.5, 0.6) is 17.2 Å². The van der Waals surface area contributed by atoms with Crippen LogP contribution in [-0.2, 0) is 9.59 Å². The van der Waals surface area contributed by atoms with Crippen molar-refractivity contribution in [3.63, 3.8) is 0 Å². The van der Waals surface area contributed by atoms with Crippen LogP contribution in [0.1, 0.15) is 13.3 Å². The van der Waals surface area contributed by atoms with Crippen LogP contribution in [0.2, 0.25) is 0 Å². The van der Waals surface area contributed by atoms with Gasteiger partial charge in [0.1, 0.15) is 12.4 Å². The van der Waals surface area contributed by atoms with Crippen LogP contribution < -0.4 is 19.1 Å². The number of likely N-dealkylation sites (N-methyl/N-ethyl adjacent to an activating group) is 1. The van der Waals surface area contributed by atoms with Gasteiger partial charge >= 0.3 is 0 Å². The van der Waals surface area contributed by atoms with Crippen LogP contribution >= 0.6 is 0 Å². The number of carbonyl (C=O) groups is 2. The lowest BCUT2D eigenvalue weighted by molar-refractivity contribution is -0.137. The smallest absolute Gasteiger partial charge is 0.228 e. The lowest BCUT2D eigenvalue weighted by Gasteiger charge is -2.32. The third-order valence-corrected chi connectivity index (χ3v) is 5.52. The van der Waals surface area contributed by atoms with E-state index in [1.807, 2.05) is 55.5 Å². The highest BCUT2D eigenvalue weighted by Crippen LogP contribution is 2.32. The van der Waals surface area contributed by atoms with E-state index in [0.717, 1.165) is 11.4 Å². The van der Waals surface area contributed by atoms with Crippen LogP contribution in [-0.4, -0.2) is 56.2 Å². The van der Waals surface area contributed by atoms with Gasteiger partial charge in [0, 0.05) is 31.3 Å². The van der Waals surface area contributed by atoms with Gasteiger partial charge in [-0.3, -0.25) is 9.59 Å². The Kier molecular flexibility index (Phi) is 5.79. The maximum absolute atomic E-state index is 13.2. The molecule has 158 valence electrons. The molecule has 2 unspecified atom stereocenters. The summed E-state index contributed by atoms with van der Waals surface area (Å²) in [5, 5.41) is 0. The fourth-order valence-electron chi connectivity index (χ4n) is 3.93. The van der Waals surface area contributed by atoms with Crippen molar-refractivity contribution < 1.29 is 23.8 Å². The van der Waals surface area contributed by atoms with Gasteiger partial charge in [0.05, 0.1) is 19.6 Å². The average Bonchev–Trinajstić information content (AvgIpc) is 3.18. The molecule has 7 heteroatoms. The lowest BCUT2D eigenvalue weighted by Crippen LogP contribution is -2.46. The predicted octanol–water partition coefficient (Wildman–Crippen LogP) is 2.74. The number of carbonyl (C=O) groups excluding carboxylic acids is 2. The van der Waals surface area contributed by atoms with Crippen LogP contribution in [0.25, 0.3) is 0 Å². The molecule has 7 nitrogen and oxygen atoms in total. The molecule has 2 aromatic rings. The average molecular weight is 410 g/mol. The zero-order valence-electron chi connectivity index (χ0n) is 17.2. The second-order valence-electron chi connectivity index (χ2n) is 7.48. The number of anilines is 1. The lowest BCUT2D eigenvalue weighted by atomic mass is 10.1. The molecule has 0 saturated carbocycles. The maximum atomic E-state index is 13.2. The molecule has 0 bridgehead atoms. The molecule has 0 spiro atoms. The Balaban J connectivity index is 1.41. The Morgan fingerprint density at radius 1 is 1.20 bits per heavy atom. The molecule has 1 saturated heterocycles. The summed E-state index contributed by atoms with van der Waals surface area (Å²) in [4.78, 5) is 29.2. The van der Waals surface area contributed by atoms with Crippen molar-refractivity contribution >= 4 is 17.5 Å². The quantitative estimate of drug-likeness (QED) is 0.733. The molecule has 2 aliphatic rings. The van der Waals surface area contributed by atoms with Gasteiger partial charge in [-0.15, -0.1) is 0 Å². The largest absolute Gasteiger partial charge is 0.497 e. The summed E-state index contributed by atoms with van der Waals surface area (Å²) in [6.07, 6.45) is -0.0346. The first kappa shape index (κ1) is 20.1. The number of para-hydroxylation sites is 2. The first-order valence-corrected chi connectivity index (χ1v) is 10.2. The molecule has 30 heavy (non-hydrogen) atoms. The zero-order valence-corrected chi connectivity index (χ0v) is 17.2. The van der Waals surface area contributed by atoms with E-state index in [-0.39, 0.29) is 30.3 Å². The Morgan fingerprint density at radius 3 is 2.77 bits per heavy atom. The third kappa shape index (κ3) is 4.06. The van der Waals surface area contributed by atoms with Gasteiger partial charge in [-0.25, -0.2) is 0 Å². The highest BCUT2D eigenvalue weighted by molar-refractivity contribution is 6.00. The summed E-state index contributed by atoms with van der Waals surface area (Å²) in [5.41, 5.74) is 0.748. The number of methoxy groups -OCH3 is 1. The molecule has 0 N–H and O–H groups in total. The van der Waals surface area contributed by atoms with Crippen molar-refractivity contribution in [2.45, 2.75) is 19.4 Å². The summed E-state index contributed by atoms with van der Waals surface area (Å²) in [7, 11) is 1.59. The molecule has 2 aromatic carbocycles. The first-order chi connectivity index (χ1) is 14.6. The minimum Gasteiger partial charge on any atom is -0.497 e. The van der Waals surface area contributed by atoms with Gasteiger partial charge in [-0.1, -0.05) is 18.2 Å². The van der Waals surface area contributed by atoms with E-state index in [0.29, 0.717) is 37.7 Å². The number of hydrogen-bond donors (Lipinski definition) is 0. The number of rotatable bonds is 6. The van der Waals surface area contributed by atoms with E-state index in [4.69, 9.17) is 14.2 Å². The van der Waals surface area contributed by atoms with Gasteiger partial charge in [-0.05, 0) is 31.2 Å². The van der Waals surface area contributed by atoms with Crippen LogP contribution in [0.3, 0.4) is 0 Å². The zero-order chi connectivity index (χ0) is 21.1. The number of amides is 2. The van der Waals surface area contributed by atoms with Gasteiger partial charge in [0.25, 0.3) is 0 Å². The second kappa shape index (κ2) is 8.65. The molecule has 2 atom stereocenters. The molecule has 2 aliphatic heterocycles. The van der Waals surface area contributed by atoms with E-state index in [2.05, 4.69) is 0 Å². The van der Waals surface area contributed by atoms with Crippen molar-refractivity contribution in [1.82, 2.24) is 4.90 Å². The van der Waals surface area contributed by atoms with Gasteiger partial charge < -0.3 is 24.0 Å². The molecule has 1 fully saturated rings. The maximum Gasteiger partial charge on any atom is 0.228 e. The van der Waals surface area contributed by atoms with E-state index in [9.17, 15) is 9.59 Å². The number of benzene rings is 2. The summed E-state index contributed by atoms with van der Waals surface area (Å²) in [5.74, 6) is 1.64. The van der Waals surface area contributed by atoms with Crippen molar-refractivity contribution in [3.05, 3.63) is 48.5 Å². The monoisotopic (exact) mass is 410 g/mol. The SMILES string of the molecule is CCN(CC1COc2ccccc2O1)C(=O)C1CC(=O)N(c2cccc(OC)c2)C1. The fraction of sp³-hybridized carbons (Fsp3) is 0.391. The van der Waals surface area contributed by atoms with E-state index < -0.39 is 0 Å². The van der Waals surface area contributed by atoms with Gasteiger partial charge in [-0.2, -0.15) is 0 Å². The van der Waals surface area contributed by atoms with E-state index >= 15 is 0 Å². The topological polar surface area (TPSA) is 68.3 Å². The Hall–Kier alpha value is -3.22. The molecule has 0 aliphatic carbocycles. The number of nitrogens with zero attached hydrogens (tertiary/aromatic N) is 2. The first-order valence-electron chi connectivity index (χ1n) is 10.2. The third-order valence-electron chi connectivity index (χ3n) is 5.52. The van der Waals surface area contributed by atoms with E-state index in [1.165, 1.54) is 0 Å². The molecular formula is C23H26N2O5. The van der Waals surface area contributed by atoms with Gasteiger partial charge in [0.2, 0.25) is 11.8 Å². The van der Waals surface area contributed by atoms with Crippen LogP contribution in [0.4, 0.5) is 5.69 Å². The second-order valence-corrected chi connectivity index (χ2v) is 7.48. The molecule has 0 radical (unpaired) electrons.